The number of nitro groups is 1. The van der Waals surface area contributed by atoms with Crippen molar-refractivity contribution in [3.8, 4) is 0 Å². The summed E-state index contributed by atoms with van der Waals surface area (Å²) in [4.78, 5) is 39.2. The van der Waals surface area contributed by atoms with Gasteiger partial charge in [-0.05, 0) is 37.1 Å². The van der Waals surface area contributed by atoms with E-state index in [0.29, 0.717) is 11.2 Å². The van der Waals surface area contributed by atoms with Gasteiger partial charge >= 0.3 is 0 Å². The molecule has 1 aromatic heterocycles. The molecule has 0 aliphatic heterocycles. The fourth-order valence-corrected chi connectivity index (χ4v) is 2.60. The second-order valence-corrected chi connectivity index (χ2v) is 5.93. The van der Waals surface area contributed by atoms with Crippen LogP contribution in [0.5, 0.6) is 0 Å². The molecule has 0 radical (unpaired) electrons. The molecule has 0 unspecified atom stereocenters. The number of fused-ring (bicyclic) bond motifs is 1. The zero-order valence-electron chi connectivity index (χ0n) is 14.2. The van der Waals surface area contributed by atoms with Crippen LogP contribution in [-0.4, -0.2) is 20.4 Å². The average molecular weight is 352 g/mol. The molecule has 0 saturated heterocycles. The molecule has 8 heteroatoms. The summed E-state index contributed by atoms with van der Waals surface area (Å²) < 4.78 is 1.13. The number of nitrogens with one attached hydrogen (secondary N) is 1. The fraction of sp³-hybridized carbons (Fsp3) is 0.167. The van der Waals surface area contributed by atoms with E-state index < -0.39 is 10.5 Å². The Balaban J connectivity index is 1.89. The molecular weight excluding hydrogens is 336 g/mol. The minimum Gasteiger partial charge on any atom is -0.324 e. The minimum atomic E-state index is -0.580. The van der Waals surface area contributed by atoms with Crippen LogP contribution in [0.4, 0.5) is 11.4 Å². The van der Waals surface area contributed by atoms with Gasteiger partial charge in [-0.3, -0.25) is 24.3 Å². The smallest absolute Gasteiger partial charge is 0.270 e. The number of nitro benzene ring substituents is 1. The maximum Gasteiger partial charge on any atom is 0.270 e. The van der Waals surface area contributed by atoms with Gasteiger partial charge in [-0.25, -0.2) is 4.98 Å². The molecule has 1 heterocycles. The molecule has 2 aromatic carbocycles. The largest absolute Gasteiger partial charge is 0.324 e. The van der Waals surface area contributed by atoms with Gasteiger partial charge < -0.3 is 5.32 Å². The van der Waals surface area contributed by atoms with Crippen molar-refractivity contribution in [1.82, 2.24) is 9.55 Å². The first kappa shape index (κ1) is 17.3. The van der Waals surface area contributed by atoms with Crippen molar-refractivity contribution in [2.75, 3.05) is 5.32 Å². The average Bonchev–Trinajstić information content (AvgIpc) is 2.61. The molecule has 26 heavy (non-hydrogen) atoms. The van der Waals surface area contributed by atoms with Crippen molar-refractivity contribution in [2.45, 2.75) is 20.4 Å². The lowest BCUT2D eigenvalue weighted by Crippen LogP contribution is -2.28. The SMILES string of the molecule is Cc1cccc(NC(=O)Cn2cnc3ccc([N+](=O)[O-])cc3c2=O)c1C. The summed E-state index contributed by atoms with van der Waals surface area (Å²) in [5.41, 5.74) is 2.29. The predicted molar refractivity (Wildman–Crippen MR) is 97.2 cm³/mol. The Hall–Kier alpha value is -3.55. The number of hydrogen-bond acceptors (Lipinski definition) is 5. The lowest BCUT2D eigenvalue weighted by Gasteiger charge is -2.11. The van der Waals surface area contributed by atoms with Crippen LogP contribution in [-0.2, 0) is 11.3 Å². The van der Waals surface area contributed by atoms with E-state index in [2.05, 4.69) is 10.3 Å². The van der Waals surface area contributed by atoms with Crippen LogP contribution < -0.4 is 10.9 Å². The Bertz CT molecular complexity index is 1090. The van der Waals surface area contributed by atoms with Gasteiger partial charge in [0.05, 0.1) is 22.2 Å². The quantitative estimate of drug-likeness (QED) is 0.573. The molecule has 0 aliphatic carbocycles. The summed E-state index contributed by atoms with van der Waals surface area (Å²) in [5.74, 6) is -0.382. The van der Waals surface area contributed by atoms with Crippen molar-refractivity contribution in [3.05, 3.63) is 74.3 Å². The molecule has 0 spiro atoms. The maximum absolute atomic E-state index is 12.5. The molecule has 0 aliphatic rings. The van der Waals surface area contributed by atoms with Crippen molar-refractivity contribution in [1.29, 1.82) is 0 Å². The van der Waals surface area contributed by atoms with E-state index in [9.17, 15) is 19.7 Å². The first-order valence-corrected chi connectivity index (χ1v) is 7.86. The van der Waals surface area contributed by atoms with Gasteiger partial charge in [0.1, 0.15) is 6.54 Å². The number of aromatic nitrogens is 2. The zero-order valence-corrected chi connectivity index (χ0v) is 14.2. The van der Waals surface area contributed by atoms with E-state index in [1.54, 1.807) is 6.07 Å². The lowest BCUT2D eigenvalue weighted by molar-refractivity contribution is -0.384. The number of aryl methyl sites for hydroxylation is 1. The number of rotatable bonds is 4. The first-order valence-electron chi connectivity index (χ1n) is 7.86. The van der Waals surface area contributed by atoms with Gasteiger partial charge in [-0.2, -0.15) is 0 Å². The van der Waals surface area contributed by atoms with Crippen LogP contribution >= 0.6 is 0 Å². The number of anilines is 1. The fourth-order valence-electron chi connectivity index (χ4n) is 2.60. The Labute approximate surface area is 148 Å². The number of amides is 1. The van der Waals surface area contributed by atoms with Crippen LogP contribution in [0.2, 0.25) is 0 Å². The van der Waals surface area contributed by atoms with Crippen molar-refractivity contribution < 1.29 is 9.72 Å². The zero-order chi connectivity index (χ0) is 18.8. The molecular formula is C18H16N4O4. The highest BCUT2D eigenvalue weighted by molar-refractivity contribution is 5.91. The number of carbonyl (C=O) groups excluding carboxylic acids is 1. The topological polar surface area (TPSA) is 107 Å². The molecule has 0 saturated carbocycles. The van der Waals surface area contributed by atoms with Crippen LogP contribution in [0.3, 0.4) is 0 Å². The predicted octanol–water partition coefficient (Wildman–Crippen LogP) is 2.56. The van der Waals surface area contributed by atoms with Crippen LogP contribution in [0.25, 0.3) is 10.9 Å². The second kappa shape index (κ2) is 6.75. The summed E-state index contributed by atoms with van der Waals surface area (Å²) >= 11 is 0. The molecule has 3 aromatic rings. The molecule has 0 bridgehead atoms. The van der Waals surface area contributed by atoms with Crippen molar-refractivity contribution in [2.24, 2.45) is 0 Å². The number of carbonyl (C=O) groups is 1. The van der Waals surface area contributed by atoms with E-state index in [0.717, 1.165) is 15.7 Å². The van der Waals surface area contributed by atoms with E-state index in [4.69, 9.17) is 0 Å². The summed E-state index contributed by atoms with van der Waals surface area (Å²) in [6.45, 7) is 3.60. The molecule has 0 atom stereocenters. The Morgan fingerprint density at radius 3 is 2.77 bits per heavy atom. The summed E-state index contributed by atoms with van der Waals surface area (Å²) in [6, 6.07) is 9.42. The van der Waals surface area contributed by atoms with Gasteiger partial charge in [0.15, 0.2) is 0 Å². The normalized spacial score (nSPS) is 10.7. The highest BCUT2D eigenvalue weighted by Crippen LogP contribution is 2.18. The Morgan fingerprint density at radius 2 is 2.04 bits per heavy atom. The van der Waals surface area contributed by atoms with E-state index in [1.807, 2.05) is 26.0 Å². The number of benzene rings is 2. The molecule has 3 rings (SSSR count). The van der Waals surface area contributed by atoms with E-state index in [-0.39, 0.29) is 23.5 Å². The number of nitrogens with zero attached hydrogens (tertiary/aromatic N) is 3. The molecule has 0 fully saturated rings. The molecule has 8 nitrogen and oxygen atoms in total. The van der Waals surface area contributed by atoms with Gasteiger partial charge in [0.2, 0.25) is 5.91 Å². The Kier molecular flexibility index (Phi) is 4.49. The monoisotopic (exact) mass is 352 g/mol. The standard InChI is InChI=1S/C18H16N4O4/c1-11-4-3-5-15(12(11)2)20-17(23)9-21-10-19-16-7-6-13(22(25)26)8-14(16)18(21)24/h3-8,10H,9H2,1-2H3,(H,20,23). The minimum absolute atomic E-state index is 0.0984. The highest BCUT2D eigenvalue weighted by Gasteiger charge is 2.13. The van der Waals surface area contributed by atoms with E-state index >= 15 is 0 Å². The molecule has 1 N–H and O–H groups in total. The maximum atomic E-state index is 12.5. The number of non-ortho nitro benzene ring substituents is 1. The van der Waals surface area contributed by atoms with Crippen LogP contribution in [0.1, 0.15) is 11.1 Å². The third kappa shape index (κ3) is 3.30. The van der Waals surface area contributed by atoms with E-state index in [1.165, 1.54) is 24.5 Å². The molecule has 132 valence electrons. The summed E-state index contributed by atoms with van der Waals surface area (Å²) in [7, 11) is 0. The van der Waals surface area contributed by atoms with Gasteiger partial charge in [-0.15, -0.1) is 0 Å². The van der Waals surface area contributed by atoms with Gasteiger partial charge in [0, 0.05) is 17.8 Å². The van der Waals surface area contributed by atoms with Crippen LogP contribution in [0.15, 0.2) is 47.5 Å². The summed E-state index contributed by atoms with van der Waals surface area (Å²) in [6.07, 6.45) is 1.26. The first-order chi connectivity index (χ1) is 12.4. The third-order valence-corrected chi connectivity index (χ3v) is 4.21. The Morgan fingerprint density at radius 1 is 1.27 bits per heavy atom. The van der Waals surface area contributed by atoms with Crippen molar-refractivity contribution in [3.63, 3.8) is 0 Å². The van der Waals surface area contributed by atoms with Crippen LogP contribution in [0, 0.1) is 24.0 Å². The van der Waals surface area contributed by atoms with Crippen molar-refractivity contribution >= 4 is 28.2 Å². The number of hydrogen-bond donors (Lipinski definition) is 1. The highest BCUT2D eigenvalue weighted by atomic mass is 16.6. The molecule has 1 amide bonds. The van der Waals surface area contributed by atoms with Gasteiger partial charge in [-0.1, -0.05) is 12.1 Å². The summed E-state index contributed by atoms with van der Waals surface area (Å²) in [5, 5.41) is 13.8. The second-order valence-electron chi connectivity index (χ2n) is 5.93. The third-order valence-electron chi connectivity index (χ3n) is 4.21. The van der Waals surface area contributed by atoms with Gasteiger partial charge in [0.25, 0.3) is 11.2 Å². The lowest BCUT2D eigenvalue weighted by atomic mass is 10.1.